The molecule has 0 saturated heterocycles. The molecule has 3 aromatic carbocycles. The molecule has 0 aliphatic heterocycles. The molecule has 0 aliphatic carbocycles. The van der Waals surface area contributed by atoms with Crippen molar-refractivity contribution in [3.8, 4) is 11.8 Å². The number of aliphatic carboxylic acids is 1. The molecular formula is C20H14O3. The van der Waals surface area contributed by atoms with Crippen molar-refractivity contribution in [2.75, 3.05) is 0 Å². The van der Waals surface area contributed by atoms with Crippen LogP contribution in [0.2, 0.25) is 0 Å². The van der Waals surface area contributed by atoms with Gasteiger partial charge in [0.05, 0.1) is 0 Å². The summed E-state index contributed by atoms with van der Waals surface area (Å²) in [5.74, 6) is 3.27. The molecule has 3 rings (SSSR count). The molecule has 3 aromatic rings. The Hall–Kier alpha value is -3.09. The average molecular weight is 302 g/mol. The van der Waals surface area contributed by atoms with Gasteiger partial charge in [0.25, 0.3) is 0 Å². The van der Waals surface area contributed by atoms with Gasteiger partial charge in [-0.25, -0.2) is 4.79 Å². The second-order valence-electron chi connectivity index (χ2n) is 5.19. The number of hydrogen-bond acceptors (Lipinski definition) is 2. The lowest BCUT2D eigenvalue weighted by Gasteiger charge is -2.23. The standard InChI is InChI=1S/C20H14O3/c21-19(22)12-13-20(23,17-8-2-1-3-9-17)18-11-10-15-6-4-5-7-16(15)14-18/h1-11,14,23H,(H,21,22). The topological polar surface area (TPSA) is 57.5 Å². The minimum atomic E-state index is -1.68. The molecule has 1 atom stereocenters. The highest BCUT2D eigenvalue weighted by Gasteiger charge is 2.29. The van der Waals surface area contributed by atoms with Crippen molar-refractivity contribution < 1.29 is 15.0 Å². The largest absolute Gasteiger partial charge is 0.472 e. The summed E-state index contributed by atoms with van der Waals surface area (Å²) in [6, 6.07) is 22.1. The van der Waals surface area contributed by atoms with Crippen LogP contribution in [0, 0.1) is 11.8 Å². The summed E-state index contributed by atoms with van der Waals surface area (Å²) in [4.78, 5) is 10.8. The summed E-state index contributed by atoms with van der Waals surface area (Å²) < 4.78 is 0. The van der Waals surface area contributed by atoms with Crippen LogP contribution in [0.1, 0.15) is 11.1 Å². The average Bonchev–Trinajstić information content (AvgIpc) is 2.60. The third kappa shape index (κ3) is 2.94. The van der Waals surface area contributed by atoms with E-state index in [1.807, 2.05) is 48.4 Å². The minimum absolute atomic E-state index is 0.532. The van der Waals surface area contributed by atoms with Crippen molar-refractivity contribution in [3.63, 3.8) is 0 Å². The molecule has 0 aromatic heterocycles. The van der Waals surface area contributed by atoms with E-state index < -0.39 is 11.6 Å². The van der Waals surface area contributed by atoms with Gasteiger partial charge in [-0.15, -0.1) is 0 Å². The zero-order valence-corrected chi connectivity index (χ0v) is 12.2. The number of fused-ring (bicyclic) bond motifs is 1. The van der Waals surface area contributed by atoms with E-state index in [1.54, 1.807) is 30.3 Å². The van der Waals surface area contributed by atoms with Crippen molar-refractivity contribution in [3.05, 3.63) is 83.9 Å². The summed E-state index contributed by atoms with van der Waals surface area (Å²) in [6.07, 6.45) is 0. The summed E-state index contributed by atoms with van der Waals surface area (Å²) in [7, 11) is 0. The number of carboxylic acid groups (broad SMARTS) is 1. The van der Waals surface area contributed by atoms with Crippen molar-refractivity contribution >= 4 is 16.7 Å². The van der Waals surface area contributed by atoms with Crippen LogP contribution in [-0.4, -0.2) is 16.2 Å². The Morgan fingerprint density at radius 1 is 0.826 bits per heavy atom. The summed E-state index contributed by atoms with van der Waals surface area (Å²) in [5.41, 5.74) is -0.607. The van der Waals surface area contributed by atoms with Gasteiger partial charge in [-0.05, 0) is 22.8 Å². The molecule has 23 heavy (non-hydrogen) atoms. The van der Waals surface area contributed by atoms with Gasteiger partial charge in [-0.2, -0.15) is 0 Å². The lowest BCUT2D eigenvalue weighted by Crippen LogP contribution is -2.25. The Morgan fingerprint density at radius 2 is 1.48 bits per heavy atom. The quantitative estimate of drug-likeness (QED) is 0.715. The summed E-state index contributed by atoms with van der Waals surface area (Å²) in [6.45, 7) is 0. The van der Waals surface area contributed by atoms with Gasteiger partial charge in [-0.1, -0.05) is 66.7 Å². The number of carboxylic acids is 1. The first kappa shape index (κ1) is 14.8. The highest BCUT2D eigenvalue weighted by molar-refractivity contribution is 5.87. The zero-order chi connectivity index (χ0) is 16.3. The molecule has 2 N–H and O–H groups in total. The minimum Gasteiger partial charge on any atom is -0.472 e. The predicted octanol–water partition coefficient (Wildman–Crippen LogP) is 3.16. The SMILES string of the molecule is O=C(O)C#CC(O)(c1ccccc1)c1ccc2ccccc2c1. The first-order chi connectivity index (χ1) is 11.1. The second kappa shape index (κ2) is 5.96. The lowest BCUT2D eigenvalue weighted by atomic mass is 9.86. The number of benzene rings is 3. The van der Waals surface area contributed by atoms with E-state index >= 15 is 0 Å². The first-order valence-electron chi connectivity index (χ1n) is 7.13. The molecule has 1 unspecified atom stereocenters. The van der Waals surface area contributed by atoms with Gasteiger partial charge in [0.15, 0.2) is 5.60 Å². The van der Waals surface area contributed by atoms with E-state index in [4.69, 9.17) is 5.11 Å². The van der Waals surface area contributed by atoms with Crippen molar-refractivity contribution in [2.45, 2.75) is 5.60 Å². The monoisotopic (exact) mass is 302 g/mol. The third-order valence-electron chi connectivity index (χ3n) is 3.71. The van der Waals surface area contributed by atoms with E-state index in [-0.39, 0.29) is 0 Å². The molecule has 0 saturated carbocycles. The van der Waals surface area contributed by atoms with Crippen molar-refractivity contribution in [1.29, 1.82) is 0 Å². The lowest BCUT2D eigenvalue weighted by molar-refractivity contribution is -0.130. The van der Waals surface area contributed by atoms with Crippen LogP contribution in [0.3, 0.4) is 0 Å². The maximum absolute atomic E-state index is 11.1. The van der Waals surface area contributed by atoms with E-state index in [9.17, 15) is 9.90 Å². The van der Waals surface area contributed by atoms with E-state index in [0.717, 1.165) is 10.8 Å². The number of rotatable bonds is 2. The third-order valence-corrected chi connectivity index (χ3v) is 3.71. The molecule has 0 spiro atoms. The van der Waals surface area contributed by atoms with Gasteiger partial charge in [0, 0.05) is 17.0 Å². The van der Waals surface area contributed by atoms with Gasteiger partial charge in [-0.3, -0.25) is 0 Å². The van der Waals surface area contributed by atoms with Crippen LogP contribution in [0.4, 0.5) is 0 Å². The van der Waals surface area contributed by atoms with Crippen LogP contribution in [0.15, 0.2) is 72.8 Å². The van der Waals surface area contributed by atoms with Crippen LogP contribution in [0.25, 0.3) is 10.8 Å². The van der Waals surface area contributed by atoms with E-state index in [1.165, 1.54) is 0 Å². The maximum atomic E-state index is 11.1. The van der Waals surface area contributed by atoms with Crippen LogP contribution in [-0.2, 0) is 10.4 Å². The van der Waals surface area contributed by atoms with Gasteiger partial charge < -0.3 is 10.2 Å². The molecule has 0 bridgehead atoms. The van der Waals surface area contributed by atoms with Crippen LogP contribution < -0.4 is 0 Å². The van der Waals surface area contributed by atoms with Crippen molar-refractivity contribution in [2.24, 2.45) is 0 Å². The fourth-order valence-electron chi connectivity index (χ4n) is 2.55. The Labute approximate surface area is 133 Å². The molecule has 0 heterocycles. The van der Waals surface area contributed by atoms with Crippen LogP contribution >= 0.6 is 0 Å². The molecule has 0 amide bonds. The molecule has 0 fully saturated rings. The second-order valence-corrected chi connectivity index (χ2v) is 5.19. The summed E-state index contributed by atoms with van der Waals surface area (Å²) in [5, 5.41) is 22.0. The Balaban J connectivity index is 2.22. The fourth-order valence-corrected chi connectivity index (χ4v) is 2.55. The number of hydrogen-bond donors (Lipinski definition) is 2. The summed E-state index contributed by atoms with van der Waals surface area (Å²) >= 11 is 0. The highest BCUT2D eigenvalue weighted by Crippen LogP contribution is 2.31. The smallest absolute Gasteiger partial charge is 0.382 e. The Kier molecular flexibility index (Phi) is 3.84. The molecule has 3 heteroatoms. The normalized spacial score (nSPS) is 12.9. The van der Waals surface area contributed by atoms with Gasteiger partial charge in [0.1, 0.15) is 0 Å². The Morgan fingerprint density at radius 3 is 2.17 bits per heavy atom. The Bertz CT molecular complexity index is 920. The molecule has 3 nitrogen and oxygen atoms in total. The predicted molar refractivity (Wildman–Crippen MR) is 88.8 cm³/mol. The number of carbonyl (C=O) groups is 1. The molecular weight excluding hydrogens is 288 g/mol. The molecule has 0 radical (unpaired) electrons. The van der Waals surface area contributed by atoms with E-state index in [0.29, 0.717) is 11.1 Å². The number of aliphatic hydroxyl groups is 1. The van der Waals surface area contributed by atoms with Gasteiger partial charge in [0.2, 0.25) is 0 Å². The van der Waals surface area contributed by atoms with Crippen LogP contribution in [0.5, 0.6) is 0 Å². The zero-order valence-electron chi connectivity index (χ0n) is 12.2. The molecule has 112 valence electrons. The van der Waals surface area contributed by atoms with E-state index in [2.05, 4.69) is 5.92 Å². The highest BCUT2D eigenvalue weighted by atomic mass is 16.4. The maximum Gasteiger partial charge on any atom is 0.382 e. The first-order valence-corrected chi connectivity index (χ1v) is 7.13. The van der Waals surface area contributed by atoms with Gasteiger partial charge >= 0.3 is 5.97 Å². The molecule has 0 aliphatic rings. The van der Waals surface area contributed by atoms with Crippen molar-refractivity contribution in [1.82, 2.24) is 0 Å². The fraction of sp³-hybridized carbons (Fsp3) is 0.0500.